The molecule has 1 aromatic carbocycles. The first-order valence-corrected chi connectivity index (χ1v) is 7.34. The van der Waals surface area contributed by atoms with Gasteiger partial charge in [0.15, 0.2) is 11.5 Å². The van der Waals surface area contributed by atoms with Crippen molar-refractivity contribution in [2.75, 3.05) is 20.0 Å². The van der Waals surface area contributed by atoms with E-state index in [1.165, 1.54) is 17.5 Å². The van der Waals surface area contributed by atoms with Gasteiger partial charge >= 0.3 is 0 Å². The number of aryl methyl sites for hydroxylation is 1. The van der Waals surface area contributed by atoms with Crippen LogP contribution in [0.3, 0.4) is 0 Å². The van der Waals surface area contributed by atoms with Crippen LogP contribution in [-0.2, 0) is 17.6 Å². The van der Waals surface area contributed by atoms with E-state index >= 15 is 0 Å². The van der Waals surface area contributed by atoms with E-state index in [1.807, 2.05) is 0 Å². The first kappa shape index (κ1) is 14.2. The van der Waals surface area contributed by atoms with Crippen LogP contribution in [0, 0.1) is 0 Å². The van der Waals surface area contributed by atoms with Crippen LogP contribution in [0.25, 0.3) is 0 Å². The van der Waals surface area contributed by atoms with E-state index in [-0.39, 0.29) is 0 Å². The smallest absolute Gasteiger partial charge is 0.231 e. The lowest BCUT2D eigenvalue weighted by Crippen LogP contribution is -2.03. The molecule has 0 amide bonds. The standard InChI is InChI=1S/C16H24O3/c1-3-5-8-17-9-7-14-11-16-15(18-12-19-16)10-13(14)6-4-2/h10-11H,3-9,12H2,1-2H3. The van der Waals surface area contributed by atoms with Crippen molar-refractivity contribution in [2.45, 2.75) is 46.0 Å². The average Bonchev–Trinajstić information content (AvgIpc) is 2.86. The highest BCUT2D eigenvalue weighted by atomic mass is 16.7. The number of ether oxygens (including phenoxy) is 3. The van der Waals surface area contributed by atoms with Crippen molar-refractivity contribution >= 4 is 0 Å². The molecular weight excluding hydrogens is 240 g/mol. The molecule has 1 aliphatic heterocycles. The number of fused-ring (bicyclic) bond motifs is 1. The zero-order valence-electron chi connectivity index (χ0n) is 12.0. The van der Waals surface area contributed by atoms with Crippen LogP contribution in [0.15, 0.2) is 12.1 Å². The second-order valence-electron chi connectivity index (χ2n) is 4.94. The van der Waals surface area contributed by atoms with Crippen LogP contribution >= 0.6 is 0 Å². The molecule has 0 fully saturated rings. The first-order chi connectivity index (χ1) is 9.35. The summed E-state index contributed by atoms with van der Waals surface area (Å²) in [6, 6.07) is 4.25. The van der Waals surface area contributed by atoms with Crippen LogP contribution < -0.4 is 9.47 Å². The van der Waals surface area contributed by atoms with E-state index in [0.717, 1.165) is 50.4 Å². The molecule has 1 aromatic rings. The minimum Gasteiger partial charge on any atom is -0.454 e. The lowest BCUT2D eigenvalue weighted by Gasteiger charge is -2.11. The van der Waals surface area contributed by atoms with E-state index in [2.05, 4.69) is 26.0 Å². The molecule has 19 heavy (non-hydrogen) atoms. The second kappa shape index (κ2) is 7.39. The van der Waals surface area contributed by atoms with Gasteiger partial charge in [0.2, 0.25) is 6.79 Å². The molecule has 3 heteroatoms. The van der Waals surface area contributed by atoms with E-state index < -0.39 is 0 Å². The van der Waals surface area contributed by atoms with Crippen LogP contribution in [0.1, 0.15) is 44.2 Å². The predicted molar refractivity (Wildman–Crippen MR) is 76.0 cm³/mol. The molecule has 0 atom stereocenters. The average molecular weight is 264 g/mol. The molecule has 0 aromatic heterocycles. The van der Waals surface area contributed by atoms with Crippen LogP contribution in [0.2, 0.25) is 0 Å². The molecule has 0 saturated carbocycles. The third kappa shape index (κ3) is 3.87. The molecule has 0 spiro atoms. The molecule has 106 valence electrons. The Hall–Kier alpha value is -1.22. The molecule has 0 saturated heterocycles. The molecule has 0 radical (unpaired) electrons. The van der Waals surface area contributed by atoms with Crippen molar-refractivity contribution in [1.29, 1.82) is 0 Å². The lowest BCUT2D eigenvalue weighted by molar-refractivity contribution is 0.134. The van der Waals surface area contributed by atoms with Crippen molar-refractivity contribution in [3.05, 3.63) is 23.3 Å². The van der Waals surface area contributed by atoms with Gasteiger partial charge in [0.25, 0.3) is 0 Å². The largest absolute Gasteiger partial charge is 0.454 e. The Morgan fingerprint density at radius 3 is 2.26 bits per heavy atom. The number of hydrogen-bond acceptors (Lipinski definition) is 3. The van der Waals surface area contributed by atoms with Crippen LogP contribution in [-0.4, -0.2) is 20.0 Å². The van der Waals surface area contributed by atoms with E-state index in [0.29, 0.717) is 6.79 Å². The highest BCUT2D eigenvalue weighted by molar-refractivity contribution is 5.48. The van der Waals surface area contributed by atoms with Gasteiger partial charge in [0, 0.05) is 6.61 Å². The van der Waals surface area contributed by atoms with Crippen molar-refractivity contribution in [3.8, 4) is 11.5 Å². The van der Waals surface area contributed by atoms with Gasteiger partial charge in [0.05, 0.1) is 6.61 Å². The second-order valence-corrected chi connectivity index (χ2v) is 4.94. The Labute approximate surface area is 115 Å². The summed E-state index contributed by atoms with van der Waals surface area (Å²) in [5.41, 5.74) is 2.70. The van der Waals surface area contributed by atoms with Gasteiger partial charge in [-0.1, -0.05) is 26.7 Å². The number of rotatable bonds is 8. The fourth-order valence-electron chi connectivity index (χ4n) is 2.29. The summed E-state index contributed by atoms with van der Waals surface area (Å²) >= 11 is 0. The molecule has 0 unspecified atom stereocenters. The molecule has 1 aliphatic rings. The third-order valence-electron chi connectivity index (χ3n) is 3.37. The van der Waals surface area contributed by atoms with Gasteiger partial charge in [-0.25, -0.2) is 0 Å². The van der Waals surface area contributed by atoms with Gasteiger partial charge in [-0.3, -0.25) is 0 Å². The highest BCUT2D eigenvalue weighted by Crippen LogP contribution is 2.35. The highest BCUT2D eigenvalue weighted by Gasteiger charge is 2.16. The maximum atomic E-state index is 5.66. The molecule has 3 nitrogen and oxygen atoms in total. The minimum absolute atomic E-state index is 0.345. The molecule has 0 N–H and O–H groups in total. The molecule has 0 bridgehead atoms. The van der Waals surface area contributed by atoms with Crippen molar-refractivity contribution in [2.24, 2.45) is 0 Å². The Morgan fingerprint density at radius 1 is 0.947 bits per heavy atom. The maximum Gasteiger partial charge on any atom is 0.231 e. The quantitative estimate of drug-likeness (QED) is 0.670. The predicted octanol–water partition coefficient (Wildman–Crippen LogP) is 3.73. The monoisotopic (exact) mass is 264 g/mol. The lowest BCUT2D eigenvalue weighted by atomic mass is 10.00. The molecule has 1 heterocycles. The van der Waals surface area contributed by atoms with Gasteiger partial charge in [0.1, 0.15) is 0 Å². The number of benzene rings is 1. The van der Waals surface area contributed by atoms with Crippen LogP contribution in [0.4, 0.5) is 0 Å². The fourth-order valence-corrected chi connectivity index (χ4v) is 2.29. The Kier molecular flexibility index (Phi) is 5.52. The van der Waals surface area contributed by atoms with E-state index in [4.69, 9.17) is 14.2 Å². The summed E-state index contributed by atoms with van der Waals surface area (Å²) < 4.78 is 16.6. The maximum absolute atomic E-state index is 5.66. The zero-order chi connectivity index (χ0) is 13.5. The SMILES string of the molecule is CCCCOCCc1cc2c(cc1CCC)OCO2. The van der Waals surface area contributed by atoms with Crippen LogP contribution in [0.5, 0.6) is 11.5 Å². The Balaban J connectivity index is 1.97. The van der Waals surface area contributed by atoms with Gasteiger partial charge in [-0.2, -0.15) is 0 Å². The fraction of sp³-hybridized carbons (Fsp3) is 0.625. The number of unbranched alkanes of at least 4 members (excludes halogenated alkanes) is 1. The summed E-state index contributed by atoms with van der Waals surface area (Å²) in [6.45, 7) is 6.38. The van der Waals surface area contributed by atoms with Gasteiger partial charge < -0.3 is 14.2 Å². The van der Waals surface area contributed by atoms with Gasteiger partial charge in [-0.05, 0) is 42.5 Å². The van der Waals surface area contributed by atoms with Gasteiger partial charge in [-0.15, -0.1) is 0 Å². The topological polar surface area (TPSA) is 27.7 Å². The van der Waals surface area contributed by atoms with E-state index in [1.54, 1.807) is 0 Å². The first-order valence-electron chi connectivity index (χ1n) is 7.34. The molecular formula is C16H24O3. The van der Waals surface area contributed by atoms with Crippen molar-refractivity contribution < 1.29 is 14.2 Å². The number of hydrogen-bond donors (Lipinski definition) is 0. The zero-order valence-corrected chi connectivity index (χ0v) is 12.0. The Morgan fingerprint density at radius 2 is 1.63 bits per heavy atom. The summed E-state index contributed by atoms with van der Waals surface area (Å²) in [6.07, 6.45) is 5.51. The molecule has 0 aliphatic carbocycles. The summed E-state index contributed by atoms with van der Waals surface area (Å²) in [4.78, 5) is 0. The summed E-state index contributed by atoms with van der Waals surface area (Å²) in [7, 11) is 0. The van der Waals surface area contributed by atoms with Crippen molar-refractivity contribution in [3.63, 3.8) is 0 Å². The Bertz CT molecular complexity index is 401. The minimum atomic E-state index is 0.345. The normalized spacial score (nSPS) is 12.9. The third-order valence-corrected chi connectivity index (χ3v) is 3.37. The summed E-state index contributed by atoms with van der Waals surface area (Å²) in [5.74, 6) is 1.77. The summed E-state index contributed by atoms with van der Waals surface area (Å²) in [5, 5.41) is 0. The van der Waals surface area contributed by atoms with Crippen molar-refractivity contribution in [1.82, 2.24) is 0 Å². The molecule has 2 rings (SSSR count). The van der Waals surface area contributed by atoms with E-state index in [9.17, 15) is 0 Å².